The molecule has 2 aromatic rings. The lowest BCUT2D eigenvalue weighted by Crippen LogP contribution is -2.32. The van der Waals surface area contributed by atoms with Gasteiger partial charge in [0, 0.05) is 12.0 Å². The standard InChI is InChI=1S/C10H16N6O/c1-3-10(2,4-11)8-13-5-6(14-8)15-9(12)16-7(5)17/h3-4,11H2,1-2H3,(H4,12,13,14,15,16,17). The fraction of sp³-hybridized carbons (Fsp3) is 0.500. The Morgan fingerprint density at radius 2 is 2.06 bits per heavy atom. The summed E-state index contributed by atoms with van der Waals surface area (Å²) in [5.41, 5.74) is 11.3. The van der Waals surface area contributed by atoms with Crippen molar-refractivity contribution in [2.75, 3.05) is 12.3 Å². The molecular weight excluding hydrogens is 220 g/mol. The van der Waals surface area contributed by atoms with E-state index in [1.54, 1.807) is 0 Å². The Morgan fingerprint density at radius 1 is 1.35 bits per heavy atom. The molecule has 7 nitrogen and oxygen atoms in total. The first-order valence-electron chi connectivity index (χ1n) is 5.46. The Balaban J connectivity index is 2.67. The molecule has 92 valence electrons. The van der Waals surface area contributed by atoms with E-state index in [4.69, 9.17) is 11.5 Å². The highest BCUT2D eigenvalue weighted by atomic mass is 16.1. The fourth-order valence-electron chi connectivity index (χ4n) is 1.62. The molecule has 0 spiro atoms. The zero-order valence-corrected chi connectivity index (χ0v) is 9.87. The molecule has 1 atom stereocenters. The minimum absolute atomic E-state index is 0.0616. The number of nitrogens with zero attached hydrogens (tertiary/aromatic N) is 2. The molecule has 0 bridgehead atoms. The van der Waals surface area contributed by atoms with Gasteiger partial charge >= 0.3 is 0 Å². The number of hydrogen-bond acceptors (Lipinski definition) is 5. The lowest BCUT2D eigenvalue weighted by molar-refractivity contribution is 0.443. The summed E-state index contributed by atoms with van der Waals surface area (Å²) in [6.07, 6.45) is 0.816. The van der Waals surface area contributed by atoms with Crippen molar-refractivity contribution in [1.29, 1.82) is 0 Å². The van der Waals surface area contributed by atoms with Gasteiger partial charge in [0.2, 0.25) is 5.95 Å². The van der Waals surface area contributed by atoms with Crippen molar-refractivity contribution >= 4 is 17.1 Å². The van der Waals surface area contributed by atoms with Gasteiger partial charge in [-0.25, -0.2) is 4.98 Å². The van der Waals surface area contributed by atoms with Gasteiger partial charge in [0.1, 0.15) is 5.82 Å². The minimum atomic E-state index is -0.318. The van der Waals surface area contributed by atoms with Crippen LogP contribution in [0, 0.1) is 0 Å². The Bertz CT molecular complexity index is 594. The number of aromatic nitrogens is 4. The van der Waals surface area contributed by atoms with E-state index in [2.05, 4.69) is 19.9 Å². The maximum absolute atomic E-state index is 11.6. The topological polar surface area (TPSA) is 126 Å². The van der Waals surface area contributed by atoms with Crippen molar-refractivity contribution in [3.05, 3.63) is 16.2 Å². The number of nitrogens with one attached hydrogen (secondary N) is 2. The van der Waals surface area contributed by atoms with E-state index in [0.29, 0.717) is 23.5 Å². The largest absolute Gasteiger partial charge is 0.369 e. The van der Waals surface area contributed by atoms with Gasteiger partial charge < -0.3 is 16.5 Å². The zero-order valence-electron chi connectivity index (χ0n) is 9.87. The number of H-pyrrole nitrogens is 2. The van der Waals surface area contributed by atoms with Crippen LogP contribution in [0.4, 0.5) is 5.95 Å². The van der Waals surface area contributed by atoms with Crippen LogP contribution >= 0.6 is 0 Å². The van der Waals surface area contributed by atoms with Crippen LogP contribution < -0.4 is 17.0 Å². The number of hydrogen-bond donors (Lipinski definition) is 4. The van der Waals surface area contributed by atoms with Crippen LogP contribution in [0.3, 0.4) is 0 Å². The van der Waals surface area contributed by atoms with Crippen molar-refractivity contribution in [2.45, 2.75) is 25.7 Å². The van der Waals surface area contributed by atoms with Crippen molar-refractivity contribution < 1.29 is 0 Å². The first-order valence-corrected chi connectivity index (χ1v) is 5.46. The van der Waals surface area contributed by atoms with E-state index in [-0.39, 0.29) is 16.9 Å². The van der Waals surface area contributed by atoms with Gasteiger partial charge in [0.25, 0.3) is 5.56 Å². The highest BCUT2D eigenvalue weighted by Gasteiger charge is 2.27. The number of aromatic amines is 2. The SMILES string of the molecule is CCC(C)(CN)c1nc2nc(N)[nH]c(=O)c2[nH]1. The van der Waals surface area contributed by atoms with Crippen LogP contribution in [0.25, 0.3) is 11.2 Å². The van der Waals surface area contributed by atoms with Gasteiger partial charge in [0.05, 0.1) is 0 Å². The van der Waals surface area contributed by atoms with E-state index < -0.39 is 0 Å². The normalized spacial score (nSPS) is 15.0. The smallest absolute Gasteiger partial charge is 0.278 e. The lowest BCUT2D eigenvalue weighted by Gasteiger charge is -2.23. The first kappa shape index (κ1) is 11.6. The summed E-state index contributed by atoms with van der Waals surface area (Å²) in [6.45, 7) is 4.45. The number of imidazole rings is 1. The summed E-state index contributed by atoms with van der Waals surface area (Å²) in [7, 11) is 0. The Hall–Kier alpha value is -1.89. The summed E-state index contributed by atoms with van der Waals surface area (Å²) in [4.78, 5) is 25.3. The molecule has 1 unspecified atom stereocenters. The summed E-state index contributed by atoms with van der Waals surface area (Å²) in [5.74, 6) is 0.729. The number of anilines is 1. The third kappa shape index (κ3) is 1.78. The second kappa shape index (κ2) is 3.85. The average molecular weight is 236 g/mol. The highest BCUT2D eigenvalue weighted by molar-refractivity contribution is 5.70. The van der Waals surface area contributed by atoms with Gasteiger partial charge in [-0.15, -0.1) is 0 Å². The summed E-state index contributed by atoms with van der Waals surface area (Å²) < 4.78 is 0. The molecule has 0 aliphatic carbocycles. The molecule has 0 aliphatic rings. The van der Waals surface area contributed by atoms with Crippen molar-refractivity contribution in [1.82, 2.24) is 19.9 Å². The molecule has 0 fully saturated rings. The maximum Gasteiger partial charge on any atom is 0.278 e. The second-order valence-electron chi connectivity index (χ2n) is 4.35. The van der Waals surface area contributed by atoms with Crippen LogP contribution in [0.15, 0.2) is 4.79 Å². The van der Waals surface area contributed by atoms with E-state index in [9.17, 15) is 4.79 Å². The van der Waals surface area contributed by atoms with Crippen LogP contribution in [-0.4, -0.2) is 26.5 Å². The molecule has 6 N–H and O–H groups in total. The first-order chi connectivity index (χ1) is 8.00. The number of nitrogen functional groups attached to an aromatic ring is 1. The average Bonchev–Trinajstić information content (AvgIpc) is 2.72. The zero-order chi connectivity index (χ0) is 12.6. The van der Waals surface area contributed by atoms with E-state index in [1.807, 2.05) is 13.8 Å². The molecule has 0 aliphatic heterocycles. The third-order valence-electron chi connectivity index (χ3n) is 3.18. The molecule has 0 saturated heterocycles. The van der Waals surface area contributed by atoms with Crippen LogP contribution in [0.5, 0.6) is 0 Å². The quantitative estimate of drug-likeness (QED) is 0.589. The van der Waals surface area contributed by atoms with Gasteiger partial charge in [0.15, 0.2) is 11.2 Å². The second-order valence-corrected chi connectivity index (χ2v) is 4.35. The molecule has 0 radical (unpaired) electrons. The van der Waals surface area contributed by atoms with E-state index in [0.717, 1.165) is 6.42 Å². The third-order valence-corrected chi connectivity index (χ3v) is 3.18. The van der Waals surface area contributed by atoms with Crippen molar-refractivity contribution in [3.63, 3.8) is 0 Å². The number of rotatable bonds is 3. The molecular formula is C10H16N6O. The molecule has 7 heteroatoms. The van der Waals surface area contributed by atoms with E-state index >= 15 is 0 Å². The molecule has 2 aromatic heterocycles. The number of nitrogens with two attached hydrogens (primary N) is 2. The van der Waals surface area contributed by atoms with Crippen LogP contribution in [0.2, 0.25) is 0 Å². The maximum atomic E-state index is 11.6. The summed E-state index contributed by atoms with van der Waals surface area (Å²) in [6, 6.07) is 0. The molecule has 0 amide bonds. The van der Waals surface area contributed by atoms with Gasteiger partial charge in [-0.05, 0) is 6.42 Å². The molecule has 2 heterocycles. The fourth-order valence-corrected chi connectivity index (χ4v) is 1.62. The van der Waals surface area contributed by atoms with Gasteiger partial charge in [-0.3, -0.25) is 9.78 Å². The summed E-state index contributed by atoms with van der Waals surface area (Å²) >= 11 is 0. The Kier molecular flexibility index (Phi) is 2.62. The molecule has 0 aromatic carbocycles. The Morgan fingerprint density at radius 3 is 2.65 bits per heavy atom. The van der Waals surface area contributed by atoms with Gasteiger partial charge in [-0.1, -0.05) is 13.8 Å². The van der Waals surface area contributed by atoms with Gasteiger partial charge in [-0.2, -0.15) is 4.98 Å². The monoisotopic (exact) mass is 236 g/mol. The Labute approximate surface area is 97.6 Å². The number of fused-ring (bicyclic) bond motifs is 1. The summed E-state index contributed by atoms with van der Waals surface area (Å²) in [5, 5.41) is 0. The van der Waals surface area contributed by atoms with Crippen LogP contribution in [-0.2, 0) is 5.41 Å². The van der Waals surface area contributed by atoms with Crippen LogP contribution in [0.1, 0.15) is 26.1 Å². The molecule has 2 rings (SSSR count). The molecule has 17 heavy (non-hydrogen) atoms. The van der Waals surface area contributed by atoms with Crippen molar-refractivity contribution in [3.8, 4) is 0 Å². The lowest BCUT2D eigenvalue weighted by atomic mass is 9.87. The van der Waals surface area contributed by atoms with Crippen molar-refractivity contribution in [2.24, 2.45) is 5.73 Å². The predicted molar refractivity (Wildman–Crippen MR) is 65.6 cm³/mol. The van der Waals surface area contributed by atoms with E-state index in [1.165, 1.54) is 0 Å². The predicted octanol–water partition coefficient (Wildman–Crippen LogP) is -0.145. The molecule has 0 saturated carbocycles. The highest BCUT2D eigenvalue weighted by Crippen LogP contribution is 2.24. The minimum Gasteiger partial charge on any atom is -0.369 e.